The predicted molar refractivity (Wildman–Crippen MR) is 50.4 cm³/mol. The van der Waals surface area contributed by atoms with Gasteiger partial charge in [0.05, 0.1) is 0 Å². The molecule has 0 aromatic heterocycles. The van der Waals surface area contributed by atoms with Crippen LogP contribution in [0.5, 0.6) is 0 Å². The highest BCUT2D eigenvalue weighted by atomic mass is 32.1. The van der Waals surface area contributed by atoms with Gasteiger partial charge in [-0.05, 0) is 24.4 Å². The van der Waals surface area contributed by atoms with Crippen molar-refractivity contribution in [2.24, 2.45) is 11.6 Å². The van der Waals surface area contributed by atoms with E-state index in [1.807, 2.05) is 5.43 Å². The summed E-state index contributed by atoms with van der Waals surface area (Å²) in [5.74, 6) is 0.921. The van der Waals surface area contributed by atoms with Gasteiger partial charge in [-0.2, -0.15) is 0 Å². The molecule has 0 saturated heterocycles. The average Bonchev–Trinajstić information content (AvgIpc) is 2.15. The van der Waals surface area contributed by atoms with E-state index in [4.69, 9.17) is 5.73 Å². The van der Waals surface area contributed by atoms with E-state index in [1.54, 1.807) is 0 Å². The van der Waals surface area contributed by atoms with Crippen molar-refractivity contribution in [2.45, 2.75) is 0 Å². The van der Waals surface area contributed by atoms with E-state index in [1.165, 1.54) is 0 Å². The summed E-state index contributed by atoms with van der Waals surface area (Å²) in [6.45, 7) is 0. The van der Waals surface area contributed by atoms with Crippen molar-refractivity contribution >= 4 is 17.3 Å². The summed E-state index contributed by atoms with van der Waals surface area (Å²) in [6, 6.07) is 2.82. The van der Waals surface area contributed by atoms with E-state index in [0.717, 1.165) is 18.2 Å². The molecule has 1 aromatic carbocycles. The molecule has 1 rings (SSSR count). The van der Waals surface area contributed by atoms with E-state index in [0.29, 0.717) is 0 Å². The minimum atomic E-state index is -1.42. The van der Waals surface area contributed by atoms with Crippen molar-refractivity contribution < 1.29 is 13.2 Å². The Balaban J connectivity index is 0.000000292. The van der Waals surface area contributed by atoms with Gasteiger partial charge in [0.2, 0.25) is 0 Å². The van der Waals surface area contributed by atoms with Crippen molar-refractivity contribution in [3.05, 3.63) is 35.7 Å². The van der Waals surface area contributed by atoms with Crippen LogP contribution in [-0.4, -0.2) is 5.11 Å². The molecule has 0 spiro atoms. The van der Waals surface area contributed by atoms with Crippen LogP contribution in [0, 0.1) is 17.5 Å². The van der Waals surface area contributed by atoms with E-state index in [2.05, 4.69) is 18.1 Å². The molecule has 0 heterocycles. The monoisotopic (exact) mass is 223 g/mol. The van der Waals surface area contributed by atoms with Crippen LogP contribution in [0.15, 0.2) is 18.2 Å². The number of hydrazine groups is 1. The summed E-state index contributed by atoms with van der Waals surface area (Å²) < 4.78 is 35.9. The topological polar surface area (TPSA) is 64.1 Å². The maximum Gasteiger partial charge on any atom is 0.194 e. The van der Waals surface area contributed by atoms with Crippen molar-refractivity contribution in [1.29, 1.82) is 0 Å². The predicted octanol–water partition coefficient (Wildman–Crippen LogP) is 0.797. The highest BCUT2D eigenvalue weighted by molar-refractivity contribution is 7.80. The van der Waals surface area contributed by atoms with E-state index in [9.17, 15) is 13.2 Å². The van der Waals surface area contributed by atoms with Gasteiger partial charge in [0.25, 0.3) is 0 Å². The van der Waals surface area contributed by atoms with Gasteiger partial charge < -0.3 is 11.2 Å². The zero-order chi connectivity index (χ0) is 11.1. The first-order valence-electron chi connectivity index (χ1n) is 3.34. The fraction of sp³-hybridized carbons (Fsp3) is 0. The smallest absolute Gasteiger partial charge is 0.194 e. The molecule has 0 fully saturated rings. The summed E-state index contributed by atoms with van der Waals surface area (Å²) in [4.78, 5) is 0. The van der Waals surface area contributed by atoms with Gasteiger partial charge >= 0.3 is 0 Å². The van der Waals surface area contributed by atoms with Crippen LogP contribution < -0.4 is 17.0 Å². The molecule has 0 saturated carbocycles. The lowest BCUT2D eigenvalue weighted by Crippen LogP contribution is -2.34. The van der Waals surface area contributed by atoms with Gasteiger partial charge in [0.1, 0.15) is 0 Å². The lowest BCUT2D eigenvalue weighted by atomic mass is 10.3. The van der Waals surface area contributed by atoms with Crippen molar-refractivity contribution in [3.63, 3.8) is 0 Å². The van der Waals surface area contributed by atoms with Gasteiger partial charge in [0.15, 0.2) is 22.6 Å². The second-order valence-electron chi connectivity index (χ2n) is 2.04. The second-order valence-corrected chi connectivity index (χ2v) is 2.48. The summed E-state index contributed by atoms with van der Waals surface area (Å²) in [7, 11) is 0. The number of rotatable bonds is 0. The van der Waals surface area contributed by atoms with Gasteiger partial charge in [-0.15, -0.1) is 0 Å². The third kappa shape index (κ3) is 4.63. The first-order chi connectivity index (χ1) is 6.49. The Bertz CT molecular complexity index is 299. The minimum Gasteiger partial charge on any atom is -0.375 e. The molecule has 0 bridgehead atoms. The van der Waals surface area contributed by atoms with Crippen LogP contribution in [0.3, 0.4) is 0 Å². The Morgan fingerprint density at radius 3 is 1.79 bits per heavy atom. The molecular formula is C7H8F3N3S. The first kappa shape index (κ1) is 12.7. The number of hydrogen-bond acceptors (Lipinski definition) is 2. The SMILES string of the molecule is Fc1cccc(F)c1F.NNC(N)=S. The third-order valence-electron chi connectivity index (χ3n) is 1.05. The number of halogens is 3. The second kappa shape index (κ2) is 6.17. The summed E-state index contributed by atoms with van der Waals surface area (Å²) in [5.41, 5.74) is 6.82. The molecule has 0 atom stereocenters. The molecule has 1 aromatic rings. The third-order valence-corrected chi connectivity index (χ3v) is 1.16. The van der Waals surface area contributed by atoms with Gasteiger partial charge in [-0.3, -0.25) is 0 Å². The Hall–Kier alpha value is -1.34. The Kier molecular flexibility index (Phi) is 5.58. The van der Waals surface area contributed by atoms with Crippen LogP contribution in [0.25, 0.3) is 0 Å². The number of hydrogen-bond donors (Lipinski definition) is 3. The van der Waals surface area contributed by atoms with E-state index in [-0.39, 0.29) is 5.11 Å². The molecule has 0 radical (unpaired) electrons. The van der Waals surface area contributed by atoms with Gasteiger partial charge in [-0.1, -0.05) is 6.07 Å². The Morgan fingerprint density at radius 1 is 1.21 bits per heavy atom. The molecule has 5 N–H and O–H groups in total. The van der Waals surface area contributed by atoms with E-state index >= 15 is 0 Å². The lowest BCUT2D eigenvalue weighted by Gasteiger charge is -1.90. The summed E-state index contributed by atoms with van der Waals surface area (Å²) >= 11 is 4.24. The number of nitrogens with two attached hydrogens (primary N) is 2. The maximum absolute atomic E-state index is 12.0. The largest absolute Gasteiger partial charge is 0.375 e. The fourth-order valence-corrected chi connectivity index (χ4v) is 0.477. The van der Waals surface area contributed by atoms with Crippen LogP contribution in [0.2, 0.25) is 0 Å². The van der Waals surface area contributed by atoms with Crippen LogP contribution in [0.4, 0.5) is 13.2 Å². The fourth-order valence-electron chi connectivity index (χ4n) is 0.477. The van der Waals surface area contributed by atoms with E-state index < -0.39 is 17.5 Å². The average molecular weight is 223 g/mol. The van der Waals surface area contributed by atoms with Crippen molar-refractivity contribution in [1.82, 2.24) is 5.43 Å². The Morgan fingerprint density at radius 2 is 1.57 bits per heavy atom. The molecule has 14 heavy (non-hydrogen) atoms. The molecule has 0 aliphatic heterocycles. The summed E-state index contributed by atoms with van der Waals surface area (Å²) in [6.07, 6.45) is 0. The molecule has 0 aliphatic rings. The highest BCUT2D eigenvalue weighted by Crippen LogP contribution is 2.07. The maximum atomic E-state index is 12.0. The number of thiocarbonyl (C=S) groups is 1. The van der Waals surface area contributed by atoms with Gasteiger partial charge in [0, 0.05) is 0 Å². The zero-order valence-corrected chi connectivity index (χ0v) is 7.75. The van der Waals surface area contributed by atoms with Crippen LogP contribution in [0.1, 0.15) is 0 Å². The molecular weight excluding hydrogens is 215 g/mol. The first-order valence-corrected chi connectivity index (χ1v) is 3.75. The minimum absolute atomic E-state index is 0.116. The zero-order valence-electron chi connectivity index (χ0n) is 6.93. The normalized spacial score (nSPS) is 8.57. The van der Waals surface area contributed by atoms with Crippen molar-refractivity contribution in [2.75, 3.05) is 0 Å². The molecule has 0 aliphatic carbocycles. The van der Waals surface area contributed by atoms with Gasteiger partial charge in [-0.25, -0.2) is 19.0 Å². The number of benzene rings is 1. The number of nitrogens with one attached hydrogen (secondary N) is 1. The molecule has 0 unspecified atom stereocenters. The standard InChI is InChI=1S/C6H3F3.CH5N3S/c7-4-2-1-3-5(8)6(4)9;2-1(5)4-3/h1-3H;3H2,(H3,2,4,5). The van der Waals surface area contributed by atoms with Crippen molar-refractivity contribution in [3.8, 4) is 0 Å². The molecule has 0 amide bonds. The molecule has 7 heteroatoms. The lowest BCUT2D eigenvalue weighted by molar-refractivity contribution is 0.447. The molecule has 78 valence electrons. The van der Waals surface area contributed by atoms with Crippen LogP contribution >= 0.6 is 12.2 Å². The Labute approximate surface area is 83.9 Å². The highest BCUT2D eigenvalue weighted by Gasteiger charge is 2.04. The van der Waals surface area contributed by atoms with Crippen LogP contribution in [-0.2, 0) is 0 Å². The quantitative estimate of drug-likeness (QED) is 0.263. The molecule has 3 nitrogen and oxygen atoms in total. The summed E-state index contributed by atoms with van der Waals surface area (Å²) in [5, 5.41) is 0.116.